The summed E-state index contributed by atoms with van der Waals surface area (Å²) in [6, 6.07) is 10.9. The molecule has 1 unspecified atom stereocenters. The van der Waals surface area contributed by atoms with Gasteiger partial charge in [-0.3, -0.25) is 9.78 Å². The molecule has 0 saturated carbocycles. The summed E-state index contributed by atoms with van der Waals surface area (Å²) >= 11 is 0. The second-order valence-electron chi connectivity index (χ2n) is 4.59. The molecule has 2 nitrogen and oxygen atoms in total. The highest BCUT2D eigenvalue weighted by molar-refractivity contribution is 5.94. The summed E-state index contributed by atoms with van der Waals surface area (Å²) in [4.78, 5) is 15.8. The number of fused-ring (bicyclic) bond motifs is 1. The number of hydrogen-bond acceptors (Lipinski definition) is 2. The number of carbonyl (C=O) groups excluding carboxylic acids is 1. The van der Waals surface area contributed by atoms with Gasteiger partial charge in [-0.25, -0.2) is 4.39 Å². The van der Waals surface area contributed by atoms with Gasteiger partial charge in [0.05, 0.1) is 6.20 Å². The molecule has 3 rings (SSSR count). The van der Waals surface area contributed by atoms with E-state index < -0.39 is 5.82 Å². The molecule has 18 heavy (non-hydrogen) atoms. The Balaban J connectivity index is 1.72. The van der Waals surface area contributed by atoms with Gasteiger partial charge in [0.2, 0.25) is 0 Å². The molecule has 1 aromatic carbocycles. The van der Waals surface area contributed by atoms with Crippen LogP contribution in [0.5, 0.6) is 0 Å². The fourth-order valence-corrected chi connectivity index (χ4v) is 2.41. The SMILES string of the molecule is O=C(CC1Cc2ccccc21)c1ccc(F)cn1. The molecule has 3 heteroatoms. The predicted octanol–water partition coefficient (Wildman–Crippen LogP) is 3.13. The van der Waals surface area contributed by atoms with Gasteiger partial charge >= 0.3 is 0 Å². The minimum Gasteiger partial charge on any atom is -0.292 e. The first-order valence-electron chi connectivity index (χ1n) is 5.96. The van der Waals surface area contributed by atoms with Crippen molar-refractivity contribution in [3.8, 4) is 0 Å². The molecule has 90 valence electrons. The van der Waals surface area contributed by atoms with Gasteiger partial charge < -0.3 is 0 Å². The highest BCUT2D eigenvalue weighted by Gasteiger charge is 2.27. The molecule has 0 amide bonds. The Morgan fingerprint density at radius 3 is 2.83 bits per heavy atom. The molecule has 0 saturated heterocycles. The van der Waals surface area contributed by atoms with Gasteiger partial charge in [-0.2, -0.15) is 0 Å². The fourth-order valence-electron chi connectivity index (χ4n) is 2.41. The Labute approximate surface area is 104 Å². The lowest BCUT2D eigenvalue weighted by molar-refractivity contribution is 0.0965. The molecule has 1 aliphatic carbocycles. The Hall–Kier alpha value is -2.03. The maximum absolute atomic E-state index is 12.7. The fraction of sp³-hybridized carbons (Fsp3) is 0.200. The van der Waals surface area contributed by atoms with E-state index in [1.165, 1.54) is 23.3 Å². The molecule has 1 heterocycles. The Bertz CT molecular complexity index is 592. The topological polar surface area (TPSA) is 30.0 Å². The number of rotatable bonds is 3. The molecule has 1 aliphatic rings. The van der Waals surface area contributed by atoms with E-state index in [0.717, 1.165) is 12.6 Å². The van der Waals surface area contributed by atoms with E-state index in [0.29, 0.717) is 18.0 Å². The zero-order valence-electron chi connectivity index (χ0n) is 9.77. The number of ketones is 1. The van der Waals surface area contributed by atoms with Crippen LogP contribution in [0.3, 0.4) is 0 Å². The second kappa shape index (κ2) is 4.33. The molecule has 1 aromatic heterocycles. The summed E-state index contributed by atoms with van der Waals surface area (Å²) in [6.07, 6.45) is 2.49. The van der Waals surface area contributed by atoms with Crippen molar-refractivity contribution in [3.63, 3.8) is 0 Å². The van der Waals surface area contributed by atoms with Crippen molar-refractivity contribution in [1.29, 1.82) is 0 Å². The lowest BCUT2D eigenvalue weighted by Crippen LogP contribution is -2.20. The smallest absolute Gasteiger partial charge is 0.181 e. The van der Waals surface area contributed by atoms with Gasteiger partial charge in [-0.05, 0) is 35.6 Å². The van der Waals surface area contributed by atoms with Crippen molar-refractivity contribution in [1.82, 2.24) is 4.98 Å². The largest absolute Gasteiger partial charge is 0.292 e. The first kappa shape index (κ1) is 11.1. The number of aromatic nitrogens is 1. The summed E-state index contributed by atoms with van der Waals surface area (Å²) in [7, 11) is 0. The molecule has 2 aromatic rings. The Morgan fingerprint density at radius 1 is 1.28 bits per heavy atom. The van der Waals surface area contributed by atoms with Crippen molar-refractivity contribution < 1.29 is 9.18 Å². The van der Waals surface area contributed by atoms with Gasteiger partial charge in [-0.15, -0.1) is 0 Å². The van der Waals surface area contributed by atoms with Gasteiger partial charge in [0.1, 0.15) is 11.5 Å². The third-order valence-electron chi connectivity index (χ3n) is 3.41. The standard InChI is InChI=1S/C15H12FNO/c16-12-5-6-14(17-9-12)15(18)8-11-7-10-3-1-2-4-13(10)11/h1-6,9,11H,7-8H2. The molecule has 0 fully saturated rings. The third kappa shape index (κ3) is 1.92. The van der Waals surface area contributed by atoms with Crippen LogP contribution >= 0.6 is 0 Å². The Kier molecular flexibility index (Phi) is 2.67. The van der Waals surface area contributed by atoms with E-state index in [-0.39, 0.29) is 5.78 Å². The first-order chi connectivity index (χ1) is 8.74. The van der Waals surface area contributed by atoms with Crippen LogP contribution in [0, 0.1) is 5.82 Å². The zero-order chi connectivity index (χ0) is 12.5. The lowest BCUT2D eigenvalue weighted by Gasteiger charge is -2.29. The normalized spacial score (nSPS) is 16.8. The van der Waals surface area contributed by atoms with Crippen molar-refractivity contribution in [2.45, 2.75) is 18.8 Å². The van der Waals surface area contributed by atoms with Crippen molar-refractivity contribution in [2.24, 2.45) is 0 Å². The molecule has 0 spiro atoms. The van der Waals surface area contributed by atoms with Crippen molar-refractivity contribution >= 4 is 5.78 Å². The number of benzene rings is 1. The van der Waals surface area contributed by atoms with Crippen LogP contribution in [0.15, 0.2) is 42.6 Å². The summed E-state index contributed by atoms with van der Waals surface area (Å²) in [6.45, 7) is 0. The van der Waals surface area contributed by atoms with Crippen molar-refractivity contribution in [2.75, 3.05) is 0 Å². The van der Waals surface area contributed by atoms with Crippen LogP contribution in [0.4, 0.5) is 4.39 Å². The van der Waals surface area contributed by atoms with Crippen LogP contribution < -0.4 is 0 Å². The first-order valence-corrected chi connectivity index (χ1v) is 5.96. The lowest BCUT2D eigenvalue weighted by atomic mass is 9.75. The highest BCUT2D eigenvalue weighted by atomic mass is 19.1. The summed E-state index contributed by atoms with van der Waals surface area (Å²) in [5.41, 5.74) is 2.93. The number of halogens is 1. The molecular weight excluding hydrogens is 229 g/mol. The third-order valence-corrected chi connectivity index (χ3v) is 3.41. The molecular formula is C15H12FNO. The maximum atomic E-state index is 12.7. The van der Waals surface area contributed by atoms with Crippen LogP contribution in [-0.2, 0) is 6.42 Å². The van der Waals surface area contributed by atoms with Gasteiger partial charge in [0, 0.05) is 6.42 Å². The van der Waals surface area contributed by atoms with E-state index in [1.807, 2.05) is 12.1 Å². The summed E-state index contributed by atoms with van der Waals surface area (Å²) < 4.78 is 12.7. The zero-order valence-corrected chi connectivity index (χ0v) is 9.77. The van der Waals surface area contributed by atoms with Crippen molar-refractivity contribution in [3.05, 3.63) is 65.2 Å². The minimum atomic E-state index is -0.416. The Morgan fingerprint density at radius 2 is 2.11 bits per heavy atom. The number of pyridine rings is 1. The average molecular weight is 241 g/mol. The second-order valence-corrected chi connectivity index (χ2v) is 4.59. The molecule has 0 N–H and O–H groups in total. The number of hydrogen-bond donors (Lipinski definition) is 0. The monoisotopic (exact) mass is 241 g/mol. The van der Waals surface area contributed by atoms with Crippen LogP contribution in [0.2, 0.25) is 0 Å². The molecule has 0 radical (unpaired) electrons. The van der Waals surface area contributed by atoms with E-state index >= 15 is 0 Å². The summed E-state index contributed by atoms with van der Waals surface area (Å²) in [5, 5.41) is 0. The average Bonchev–Trinajstić information content (AvgIpc) is 2.36. The molecule has 1 atom stereocenters. The number of carbonyl (C=O) groups is 1. The molecule has 0 bridgehead atoms. The van der Waals surface area contributed by atoms with E-state index in [4.69, 9.17) is 0 Å². The van der Waals surface area contributed by atoms with E-state index in [9.17, 15) is 9.18 Å². The maximum Gasteiger partial charge on any atom is 0.181 e. The highest BCUT2D eigenvalue weighted by Crippen LogP contribution is 2.37. The van der Waals surface area contributed by atoms with Crippen LogP contribution in [0.1, 0.15) is 34.0 Å². The van der Waals surface area contributed by atoms with E-state index in [2.05, 4.69) is 17.1 Å². The predicted molar refractivity (Wildman–Crippen MR) is 66.0 cm³/mol. The summed E-state index contributed by atoms with van der Waals surface area (Å²) in [5.74, 6) is -0.143. The van der Waals surface area contributed by atoms with Crippen LogP contribution in [-0.4, -0.2) is 10.8 Å². The number of nitrogens with zero attached hydrogens (tertiary/aromatic N) is 1. The van der Waals surface area contributed by atoms with Crippen LogP contribution in [0.25, 0.3) is 0 Å². The van der Waals surface area contributed by atoms with Gasteiger partial charge in [0.25, 0.3) is 0 Å². The quantitative estimate of drug-likeness (QED) is 0.773. The van der Waals surface area contributed by atoms with Gasteiger partial charge in [0.15, 0.2) is 5.78 Å². The molecule has 0 aliphatic heterocycles. The van der Waals surface area contributed by atoms with Gasteiger partial charge in [-0.1, -0.05) is 24.3 Å². The van der Waals surface area contributed by atoms with E-state index in [1.54, 1.807) is 0 Å². The number of Topliss-reactive ketones (excluding diaryl/α,β-unsaturated/α-hetero) is 1. The minimum absolute atomic E-state index is 0.0190.